The lowest BCUT2D eigenvalue weighted by Crippen LogP contribution is -2.41. The number of rotatable bonds is 6. The van der Waals surface area contributed by atoms with Gasteiger partial charge < -0.3 is 16.4 Å². The van der Waals surface area contributed by atoms with Gasteiger partial charge >= 0.3 is 0 Å². The molecule has 4 nitrogen and oxygen atoms in total. The molecule has 0 radical (unpaired) electrons. The average Bonchev–Trinajstić information content (AvgIpc) is 2.35. The van der Waals surface area contributed by atoms with Gasteiger partial charge in [0.1, 0.15) is 5.82 Å². The molecule has 20 heavy (non-hydrogen) atoms. The van der Waals surface area contributed by atoms with Crippen LogP contribution < -0.4 is 16.4 Å². The van der Waals surface area contributed by atoms with Gasteiger partial charge in [0.25, 0.3) is 0 Å². The second-order valence-electron chi connectivity index (χ2n) is 5.88. The fraction of sp³-hybridized carbons (Fsp3) is 0.438. The molecule has 4 heteroatoms. The van der Waals surface area contributed by atoms with E-state index in [1.165, 1.54) is 0 Å². The van der Waals surface area contributed by atoms with Crippen LogP contribution in [-0.2, 0) is 0 Å². The van der Waals surface area contributed by atoms with Crippen molar-refractivity contribution in [3.8, 4) is 0 Å². The van der Waals surface area contributed by atoms with E-state index in [4.69, 9.17) is 5.73 Å². The zero-order valence-corrected chi connectivity index (χ0v) is 12.8. The summed E-state index contributed by atoms with van der Waals surface area (Å²) in [5, 5.41) is 6.42. The highest BCUT2D eigenvalue weighted by atomic mass is 16.1. The molecule has 0 fully saturated rings. The third-order valence-corrected chi connectivity index (χ3v) is 2.58. The molecular formula is C16H25N3O. The van der Waals surface area contributed by atoms with Gasteiger partial charge in [0.2, 0.25) is 0 Å². The monoisotopic (exact) mass is 275 g/mol. The molecule has 0 aromatic heterocycles. The maximum atomic E-state index is 12.2. The molecule has 0 amide bonds. The molecule has 0 bridgehead atoms. The van der Waals surface area contributed by atoms with Crippen LogP contribution >= 0.6 is 0 Å². The molecule has 0 saturated carbocycles. The third kappa shape index (κ3) is 5.89. The van der Waals surface area contributed by atoms with Crippen molar-refractivity contribution in [2.75, 3.05) is 13.1 Å². The summed E-state index contributed by atoms with van der Waals surface area (Å²) in [6.07, 6.45) is 1.59. The number of ketones is 1. The molecule has 0 spiro atoms. The molecule has 1 rings (SSSR count). The molecule has 0 saturated heterocycles. The fourth-order valence-electron chi connectivity index (χ4n) is 1.67. The van der Waals surface area contributed by atoms with Gasteiger partial charge in [-0.1, -0.05) is 29.8 Å². The van der Waals surface area contributed by atoms with Crippen molar-refractivity contribution >= 4 is 5.78 Å². The maximum absolute atomic E-state index is 12.2. The van der Waals surface area contributed by atoms with Crippen molar-refractivity contribution in [3.63, 3.8) is 0 Å². The van der Waals surface area contributed by atoms with Crippen molar-refractivity contribution in [1.82, 2.24) is 10.6 Å². The lowest BCUT2D eigenvalue weighted by Gasteiger charge is -2.25. The van der Waals surface area contributed by atoms with Crippen LogP contribution in [-0.4, -0.2) is 24.4 Å². The third-order valence-electron chi connectivity index (χ3n) is 2.58. The summed E-state index contributed by atoms with van der Waals surface area (Å²) in [6, 6.07) is 7.55. The molecule has 1 aromatic carbocycles. The first-order valence-electron chi connectivity index (χ1n) is 6.86. The molecule has 4 N–H and O–H groups in total. The summed E-state index contributed by atoms with van der Waals surface area (Å²) >= 11 is 0. The Kier molecular flexibility index (Phi) is 5.77. The number of nitrogens with one attached hydrogen (secondary N) is 2. The van der Waals surface area contributed by atoms with Crippen LogP contribution in [0.3, 0.4) is 0 Å². The van der Waals surface area contributed by atoms with Crippen LogP contribution in [0.15, 0.2) is 36.2 Å². The molecule has 1 aromatic rings. The quantitative estimate of drug-likeness (QED) is 0.548. The summed E-state index contributed by atoms with van der Waals surface area (Å²) in [4.78, 5) is 12.2. The van der Waals surface area contributed by atoms with Gasteiger partial charge in [-0.05, 0) is 27.7 Å². The summed E-state index contributed by atoms with van der Waals surface area (Å²) in [5.74, 6) is 0.676. The smallest absolute Gasteiger partial charge is 0.189 e. The number of hydrogen-bond acceptors (Lipinski definition) is 4. The number of allylic oxidation sites excluding steroid dienone is 1. The second kappa shape index (κ2) is 7.10. The van der Waals surface area contributed by atoms with E-state index in [0.717, 1.165) is 5.56 Å². The number of aryl methyl sites for hydroxylation is 1. The van der Waals surface area contributed by atoms with Gasteiger partial charge in [-0.3, -0.25) is 4.79 Å². The lowest BCUT2D eigenvalue weighted by atomic mass is 10.1. The van der Waals surface area contributed by atoms with E-state index in [1.807, 2.05) is 52.0 Å². The van der Waals surface area contributed by atoms with Crippen molar-refractivity contribution in [1.29, 1.82) is 0 Å². The topological polar surface area (TPSA) is 67.2 Å². The predicted molar refractivity (Wildman–Crippen MR) is 83.5 cm³/mol. The van der Waals surface area contributed by atoms with Gasteiger partial charge in [-0.15, -0.1) is 0 Å². The molecule has 0 heterocycles. The van der Waals surface area contributed by atoms with E-state index in [-0.39, 0.29) is 11.3 Å². The largest absolute Gasteiger partial charge is 0.371 e. The summed E-state index contributed by atoms with van der Waals surface area (Å²) in [5.41, 5.74) is 7.19. The Morgan fingerprint density at radius 1 is 1.25 bits per heavy atom. The van der Waals surface area contributed by atoms with Crippen LogP contribution in [0.25, 0.3) is 0 Å². The Labute approximate surface area is 121 Å². The number of nitrogens with two attached hydrogens (primary N) is 1. The van der Waals surface area contributed by atoms with Gasteiger partial charge in [0.15, 0.2) is 5.78 Å². The molecule has 110 valence electrons. The van der Waals surface area contributed by atoms with Gasteiger partial charge in [0, 0.05) is 30.3 Å². The average molecular weight is 275 g/mol. The minimum absolute atomic E-state index is 0.0266. The zero-order chi connectivity index (χ0) is 15.2. The number of carbonyl (C=O) groups is 1. The Hall–Kier alpha value is -1.81. The lowest BCUT2D eigenvalue weighted by molar-refractivity contribution is 0.104. The van der Waals surface area contributed by atoms with E-state index in [9.17, 15) is 4.79 Å². The van der Waals surface area contributed by atoms with E-state index in [2.05, 4.69) is 10.6 Å². The fourth-order valence-corrected chi connectivity index (χ4v) is 1.67. The maximum Gasteiger partial charge on any atom is 0.189 e. The van der Waals surface area contributed by atoms with Gasteiger partial charge in [0.05, 0.1) is 0 Å². The van der Waals surface area contributed by atoms with Crippen LogP contribution in [0.4, 0.5) is 0 Å². The summed E-state index contributed by atoms with van der Waals surface area (Å²) < 4.78 is 0. The highest BCUT2D eigenvalue weighted by molar-refractivity contribution is 6.04. The minimum Gasteiger partial charge on any atom is -0.371 e. The SMILES string of the molecule is Cc1ccc(C(=O)C=C(NCCN)NC(C)(C)C)cc1. The first kappa shape index (κ1) is 16.2. The van der Waals surface area contributed by atoms with Gasteiger partial charge in [-0.25, -0.2) is 0 Å². The molecule has 0 atom stereocenters. The Bertz CT molecular complexity index is 469. The summed E-state index contributed by atoms with van der Waals surface area (Å²) in [7, 11) is 0. The molecule has 0 aliphatic carbocycles. The minimum atomic E-state index is -0.124. The van der Waals surface area contributed by atoms with Crippen LogP contribution in [0, 0.1) is 6.92 Å². The second-order valence-corrected chi connectivity index (χ2v) is 5.88. The van der Waals surface area contributed by atoms with E-state index in [1.54, 1.807) is 6.08 Å². The Morgan fingerprint density at radius 3 is 2.35 bits per heavy atom. The van der Waals surface area contributed by atoms with Crippen LogP contribution in [0.5, 0.6) is 0 Å². The van der Waals surface area contributed by atoms with E-state index >= 15 is 0 Å². The highest BCUT2D eigenvalue weighted by Crippen LogP contribution is 2.07. The first-order valence-corrected chi connectivity index (χ1v) is 6.86. The summed E-state index contributed by atoms with van der Waals surface area (Å²) in [6.45, 7) is 9.27. The Morgan fingerprint density at radius 2 is 1.85 bits per heavy atom. The van der Waals surface area contributed by atoms with Crippen molar-refractivity contribution in [2.45, 2.75) is 33.2 Å². The van der Waals surface area contributed by atoms with Crippen LogP contribution in [0.2, 0.25) is 0 Å². The standard InChI is InChI=1S/C16H25N3O/c1-12-5-7-13(8-6-12)14(20)11-15(18-10-9-17)19-16(2,3)4/h5-8,11,18-19H,9-10,17H2,1-4H3. The molecule has 0 aliphatic heterocycles. The number of carbonyl (C=O) groups excluding carboxylic acids is 1. The van der Waals surface area contributed by atoms with E-state index in [0.29, 0.717) is 24.5 Å². The van der Waals surface area contributed by atoms with Gasteiger partial charge in [-0.2, -0.15) is 0 Å². The zero-order valence-electron chi connectivity index (χ0n) is 12.8. The molecular weight excluding hydrogens is 250 g/mol. The molecule has 0 aliphatic rings. The van der Waals surface area contributed by atoms with Crippen molar-refractivity contribution < 1.29 is 4.79 Å². The number of benzene rings is 1. The number of hydrogen-bond donors (Lipinski definition) is 3. The highest BCUT2D eigenvalue weighted by Gasteiger charge is 2.12. The van der Waals surface area contributed by atoms with E-state index < -0.39 is 0 Å². The predicted octanol–water partition coefficient (Wildman–Crippen LogP) is 1.96. The first-order chi connectivity index (χ1) is 9.31. The Balaban J connectivity index is 2.87. The van der Waals surface area contributed by atoms with Crippen LogP contribution in [0.1, 0.15) is 36.7 Å². The van der Waals surface area contributed by atoms with Crippen molar-refractivity contribution in [2.24, 2.45) is 5.73 Å². The molecule has 0 unspecified atom stereocenters. The normalized spacial score (nSPS) is 12.2. The van der Waals surface area contributed by atoms with Crippen molar-refractivity contribution in [3.05, 3.63) is 47.3 Å².